The summed E-state index contributed by atoms with van der Waals surface area (Å²) in [7, 11) is -3.62. The summed E-state index contributed by atoms with van der Waals surface area (Å²) >= 11 is 0. The maximum atomic E-state index is 12.8. The van der Waals surface area contributed by atoms with Crippen LogP contribution < -0.4 is 4.72 Å². The number of aromatic amines is 1. The molecule has 0 atom stereocenters. The molecule has 2 N–H and O–H groups in total. The number of halogens is 1. The lowest BCUT2D eigenvalue weighted by Crippen LogP contribution is -2.15. The lowest BCUT2D eigenvalue weighted by molar-refractivity contribution is 0.600. The van der Waals surface area contributed by atoms with Crippen molar-refractivity contribution in [1.82, 2.24) is 15.4 Å². The smallest absolute Gasteiger partial charge is 0.236 e. The average molecular weight is 306 g/mol. The van der Waals surface area contributed by atoms with Crippen molar-refractivity contribution in [3.8, 4) is 0 Å². The Bertz CT molecular complexity index is 875. The second kappa shape index (κ2) is 5.13. The van der Waals surface area contributed by atoms with Gasteiger partial charge in [0.25, 0.3) is 0 Å². The number of hydrogen-bond donors (Lipinski definition) is 2. The van der Waals surface area contributed by atoms with E-state index < -0.39 is 15.8 Å². The molecule has 0 aliphatic rings. The maximum Gasteiger partial charge on any atom is 0.236 e. The Morgan fingerprint density at radius 1 is 1.10 bits per heavy atom. The number of nitrogens with zero attached hydrogens (tertiary/aromatic N) is 2. The highest BCUT2D eigenvalue weighted by atomic mass is 32.2. The molecule has 8 heteroatoms. The van der Waals surface area contributed by atoms with Crippen molar-refractivity contribution >= 4 is 26.7 Å². The average Bonchev–Trinajstić information content (AvgIpc) is 2.90. The molecule has 0 fully saturated rings. The molecular formula is C13H11FN4O2S. The maximum absolute atomic E-state index is 12.8. The van der Waals surface area contributed by atoms with E-state index in [4.69, 9.17) is 0 Å². The van der Waals surface area contributed by atoms with Crippen LogP contribution in [0.5, 0.6) is 0 Å². The normalized spacial score (nSPS) is 11.7. The van der Waals surface area contributed by atoms with Gasteiger partial charge in [-0.1, -0.05) is 18.2 Å². The van der Waals surface area contributed by atoms with Gasteiger partial charge in [-0.25, -0.2) is 12.8 Å². The number of rotatable bonds is 4. The Labute approximate surface area is 120 Å². The highest BCUT2D eigenvalue weighted by molar-refractivity contribution is 7.91. The fourth-order valence-corrected chi connectivity index (χ4v) is 3.16. The molecule has 0 aliphatic heterocycles. The van der Waals surface area contributed by atoms with Gasteiger partial charge in [-0.05, 0) is 29.8 Å². The van der Waals surface area contributed by atoms with Crippen LogP contribution in [0.15, 0.2) is 42.5 Å². The van der Waals surface area contributed by atoms with Crippen molar-refractivity contribution in [2.45, 2.75) is 5.75 Å². The van der Waals surface area contributed by atoms with Gasteiger partial charge < -0.3 is 0 Å². The summed E-state index contributed by atoms with van der Waals surface area (Å²) in [6.07, 6.45) is 0. The first-order valence-corrected chi connectivity index (χ1v) is 7.73. The number of aromatic nitrogens is 3. The van der Waals surface area contributed by atoms with E-state index in [9.17, 15) is 12.8 Å². The van der Waals surface area contributed by atoms with Crippen LogP contribution in [0.4, 0.5) is 10.1 Å². The van der Waals surface area contributed by atoms with E-state index in [-0.39, 0.29) is 5.75 Å². The molecule has 2 aromatic carbocycles. The molecule has 0 spiro atoms. The standard InChI is InChI=1S/C13H11FN4O2S/c14-10-6-4-9(5-7-10)8-21(19,20)17-12-3-1-2-11-13(12)16-18-15-11/h1-7,17H,8H2,(H,15,16,18). The third-order valence-electron chi connectivity index (χ3n) is 2.88. The van der Waals surface area contributed by atoms with E-state index in [1.54, 1.807) is 18.2 Å². The fraction of sp³-hybridized carbons (Fsp3) is 0.0769. The predicted octanol–water partition coefficient (Wildman–Crippen LogP) is 2.04. The van der Waals surface area contributed by atoms with E-state index in [1.807, 2.05) is 0 Å². The molecule has 0 amide bonds. The van der Waals surface area contributed by atoms with Crippen molar-refractivity contribution in [3.05, 3.63) is 53.8 Å². The van der Waals surface area contributed by atoms with Crippen LogP contribution in [0.25, 0.3) is 11.0 Å². The number of sulfonamides is 1. The summed E-state index contributed by atoms with van der Waals surface area (Å²) in [4.78, 5) is 0. The van der Waals surface area contributed by atoms with E-state index in [1.165, 1.54) is 24.3 Å². The molecule has 3 aromatic rings. The van der Waals surface area contributed by atoms with Crippen LogP contribution in [-0.2, 0) is 15.8 Å². The first-order chi connectivity index (χ1) is 10.0. The lowest BCUT2D eigenvalue weighted by atomic mass is 10.2. The highest BCUT2D eigenvalue weighted by Gasteiger charge is 2.14. The molecule has 108 valence electrons. The number of nitrogens with one attached hydrogen (secondary N) is 2. The molecule has 6 nitrogen and oxygen atoms in total. The first-order valence-electron chi connectivity index (χ1n) is 6.08. The van der Waals surface area contributed by atoms with Crippen molar-refractivity contribution in [3.63, 3.8) is 0 Å². The Hall–Kier alpha value is -2.48. The quantitative estimate of drug-likeness (QED) is 0.772. The molecule has 0 unspecified atom stereocenters. The number of fused-ring (bicyclic) bond motifs is 1. The van der Waals surface area contributed by atoms with Gasteiger partial charge in [0.05, 0.1) is 11.4 Å². The van der Waals surface area contributed by atoms with Gasteiger partial charge >= 0.3 is 0 Å². The van der Waals surface area contributed by atoms with Crippen molar-refractivity contribution in [2.75, 3.05) is 4.72 Å². The summed E-state index contributed by atoms with van der Waals surface area (Å²) in [5, 5.41) is 10.2. The van der Waals surface area contributed by atoms with Gasteiger partial charge in [0, 0.05) is 0 Å². The second-order valence-electron chi connectivity index (χ2n) is 4.48. The lowest BCUT2D eigenvalue weighted by Gasteiger charge is -2.08. The third-order valence-corrected chi connectivity index (χ3v) is 4.13. The second-order valence-corrected chi connectivity index (χ2v) is 6.21. The molecule has 3 rings (SSSR count). The van der Waals surface area contributed by atoms with E-state index in [0.29, 0.717) is 22.3 Å². The highest BCUT2D eigenvalue weighted by Crippen LogP contribution is 2.21. The van der Waals surface area contributed by atoms with Gasteiger partial charge in [0.1, 0.15) is 16.9 Å². The van der Waals surface area contributed by atoms with Crippen molar-refractivity contribution in [1.29, 1.82) is 0 Å². The van der Waals surface area contributed by atoms with Crippen LogP contribution in [0.2, 0.25) is 0 Å². The SMILES string of the molecule is O=S(=O)(Cc1ccc(F)cc1)Nc1cccc2n[nH]nc12. The van der Waals surface area contributed by atoms with Gasteiger partial charge in [0.2, 0.25) is 10.0 Å². The minimum Gasteiger partial charge on any atom is -0.281 e. The van der Waals surface area contributed by atoms with Gasteiger partial charge in [-0.15, -0.1) is 0 Å². The number of hydrogen-bond acceptors (Lipinski definition) is 4. The van der Waals surface area contributed by atoms with E-state index in [0.717, 1.165) is 0 Å². The Balaban J connectivity index is 1.86. The minimum absolute atomic E-state index is 0.248. The Kier molecular flexibility index (Phi) is 3.30. The van der Waals surface area contributed by atoms with Crippen LogP contribution in [0.3, 0.4) is 0 Å². The Morgan fingerprint density at radius 2 is 1.86 bits per heavy atom. The molecule has 1 heterocycles. The van der Waals surface area contributed by atoms with E-state index >= 15 is 0 Å². The van der Waals surface area contributed by atoms with Gasteiger partial charge in [0.15, 0.2) is 0 Å². The molecule has 0 saturated heterocycles. The van der Waals surface area contributed by atoms with Crippen LogP contribution >= 0.6 is 0 Å². The summed E-state index contributed by atoms with van der Waals surface area (Å²) in [5.74, 6) is -0.655. The molecule has 1 aromatic heterocycles. The third kappa shape index (κ3) is 3.00. The topological polar surface area (TPSA) is 87.7 Å². The zero-order chi connectivity index (χ0) is 14.9. The zero-order valence-electron chi connectivity index (χ0n) is 10.7. The monoisotopic (exact) mass is 306 g/mol. The molecule has 0 bridgehead atoms. The first kappa shape index (κ1) is 13.5. The largest absolute Gasteiger partial charge is 0.281 e. The molecule has 0 radical (unpaired) electrons. The number of anilines is 1. The minimum atomic E-state index is -3.62. The van der Waals surface area contributed by atoms with Crippen LogP contribution in [-0.4, -0.2) is 23.8 Å². The van der Waals surface area contributed by atoms with E-state index in [2.05, 4.69) is 20.1 Å². The Morgan fingerprint density at radius 3 is 2.62 bits per heavy atom. The number of H-pyrrole nitrogens is 1. The number of benzene rings is 2. The molecule has 0 saturated carbocycles. The van der Waals surface area contributed by atoms with Gasteiger partial charge in [-0.2, -0.15) is 15.4 Å². The summed E-state index contributed by atoms with van der Waals surface area (Å²) < 4.78 is 39.6. The summed E-state index contributed by atoms with van der Waals surface area (Å²) in [5.41, 5.74) is 1.86. The van der Waals surface area contributed by atoms with Crippen LogP contribution in [0.1, 0.15) is 5.56 Å². The van der Waals surface area contributed by atoms with Crippen molar-refractivity contribution < 1.29 is 12.8 Å². The molecule has 0 aliphatic carbocycles. The van der Waals surface area contributed by atoms with Crippen molar-refractivity contribution in [2.24, 2.45) is 0 Å². The summed E-state index contributed by atoms with van der Waals surface area (Å²) in [6, 6.07) is 10.3. The number of para-hydroxylation sites is 1. The predicted molar refractivity (Wildman–Crippen MR) is 76.5 cm³/mol. The summed E-state index contributed by atoms with van der Waals surface area (Å²) in [6.45, 7) is 0. The fourth-order valence-electron chi connectivity index (χ4n) is 1.95. The van der Waals surface area contributed by atoms with Crippen LogP contribution in [0, 0.1) is 5.82 Å². The van der Waals surface area contributed by atoms with Gasteiger partial charge in [-0.3, -0.25) is 4.72 Å². The molecule has 21 heavy (non-hydrogen) atoms. The zero-order valence-corrected chi connectivity index (χ0v) is 11.6. The molecular weight excluding hydrogens is 295 g/mol.